The predicted molar refractivity (Wildman–Crippen MR) is 103 cm³/mol. The highest BCUT2D eigenvalue weighted by Crippen LogP contribution is 2.43. The highest BCUT2D eigenvalue weighted by molar-refractivity contribution is 5.79. The monoisotopic (exact) mass is 414 g/mol. The molecular weight excluding hydrogens is 385 g/mol. The van der Waals surface area contributed by atoms with E-state index < -0.39 is 18.8 Å². The first-order chi connectivity index (χ1) is 13.8. The van der Waals surface area contributed by atoms with Gasteiger partial charge in [-0.25, -0.2) is 0 Å². The van der Waals surface area contributed by atoms with Crippen LogP contribution in [0, 0.1) is 5.92 Å². The van der Waals surface area contributed by atoms with Crippen LogP contribution < -0.4 is 10.1 Å². The van der Waals surface area contributed by atoms with Crippen molar-refractivity contribution in [2.45, 2.75) is 56.8 Å². The van der Waals surface area contributed by atoms with Crippen molar-refractivity contribution in [3.05, 3.63) is 29.3 Å². The Labute approximate surface area is 169 Å². The number of alkyl halides is 3. The number of fused-ring (bicyclic) bond motifs is 1. The molecule has 1 aliphatic carbocycles. The minimum atomic E-state index is -4.69. The van der Waals surface area contributed by atoms with Crippen LogP contribution in [0.25, 0.3) is 0 Å². The lowest BCUT2D eigenvalue weighted by Crippen LogP contribution is -2.48. The Kier molecular flexibility index (Phi) is 7.05. The molecule has 1 fully saturated rings. The summed E-state index contributed by atoms with van der Waals surface area (Å²) in [6.45, 7) is -0.375. The zero-order valence-corrected chi connectivity index (χ0v) is 16.7. The second-order valence-corrected chi connectivity index (χ2v) is 7.93. The molecule has 1 heterocycles. The van der Waals surface area contributed by atoms with Gasteiger partial charge in [0.1, 0.15) is 5.75 Å². The fraction of sp³-hybridized carbons (Fsp3) is 0.667. The SMILES string of the molecule is COc1ccc2c(c1)C(C1CCCCC1)N(C(=O)CNCC(O)C(F)(F)F)CC2. The third-order valence-corrected chi connectivity index (χ3v) is 6.04. The maximum Gasteiger partial charge on any atom is 0.415 e. The largest absolute Gasteiger partial charge is 0.497 e. The Balaban J connectivity index is 1.76. The van der Waals surface area contributed by atoms with E-state index in [-0.39, 0.29) is 18.5 Å². The zero-order chi connectivity index (χ0) is 21.0. The maximum atomic E-state index is 12.9. The number of nitrogens with zero attached hydrogens (tertiary/aromatic N) is 1. The van der Waals surface area contributed by atoms with Crippen LogP contribution >= 0.6 is 0 Å². The molecule has 0 aromatic heterocycles. The predicted octanol–water partition coefficient (Wildman–Crippen LogP) is 3.21. The number of halogens is 3. The van der Waals surface area contributed by atoms with Crippen molar-refractivity contribution in [2.75, 3.05) is 26.7 Å². The third kappa shape index (κ3) is 5.22. The molecule has 0 bridgehead atoms. The van der Waals surface area contributed by atoms with Gasteiger partial charge in [-0.05, 0) is 48.4 Å². The maximum absolute atomic E-state index is 12.9. The van der Waals surface area contributed by atoms with E-state index in [1.807, 2.05) is 23.1 Å². The Hall–Kier alpha value is -1.80. The van der Waals surface area contributed by atoms with E-state index >= 15 is 0 Å². The second-order valence-electron chi connectivity index (χ2n) is 7.93. The smallest absolute Gasteiger partial charge is 0.415 e. The van der Waals surface area contributed by atoms with E-state index in [4.69, 9.17) is 9.84 Å². The molecule has 1 aromatic carbocycles. The molecule has 5 nitrogen and oxygen atoms in total. The van der Waals surface area contributed by atoms with Gasteiger partial charge in [0.25, 0.3) is 0 Å². The van der Waals surface area contributed by atoms with Gasteiger partial charge in [0.15, 0.2) is 6.10 Å². The summed E-state index contributed by atoms with van der Waals surface area (Å²) < 4.78 is 42.8. The highest BCUT2D eigenvalue weighted by atomic mass is 19.4. The molecule has 2 aliphatic rings. The van der Waals surface area contributed by atoms with Crippen LogP contribution in [0.2, 0.25) is 0 Å². The molecular formula is C21H29F3N2O3. The number of aliphatic hydroxyl groups is 1. The lowest BCUT2D eigenvalue weighted by atomic mass is 9.77. The van der Waals surface area contributed by atoms with E-state index in [1.165, 1.54) is 12.0 Å². The molecule has 2 unspecified atom stereocenters. The lowest BCUT2D eigenvalue weighted by Gasteiger charge is -2.43. The first kappa shape index (κ1) is 21.9. The number of ether oxygens (including phenoxy) is 1. The standard InChI is InChI=1S/C21H29F3N2O3/c1-29-16-8-7-14-9-10-26(19(28)13-25-12-18(27)21(22,23)24)20(17(14)11-16)15-5-3-2-4-6-15/h7-8,11,15,18,20,25,27H,2-6,9-10,12-13H2,1H3. The van der Waals surface area contributed by atoms with Crippen LogP contribution in [-0.4, -0.2) is 54.9 Å². The van der Waals surface area contributed by atoms with E-state index in [2.05, 4.69) is 5.32 Å². The van der Waals surface area contributed by atoms with Crippen molar-refractivity contribution in [3.8, 4) is 5.75 Å². The van der Waals surface area contributed by atoms with Gasteiger partial charge in [-0.3, -0.25) is 4.79 Å². The number of hydrogen-bond acceptors (Lipinski definition) is 4. The molecule has 1 amide bonds. The minimum absolute atomic E-state index is 0.0870. The molecule has 29 heavy (non-hydrogen) atoms. The fourth-order valence-corrected chi connectivity index (χ4v) is 4.52. The number of rotatable bonds is 6. The number of benzene rings is 1. The number of carbonyl (C=O) groups is 1. The molecule has 3 rings (SSSR count). The van der Waals surface area contributed by atoms with E-state index in [0.717, 1.165) is 37.0 Å². The second kappa shape index (κ2) is 9.34. The van der Waals surface area contributed by atoms with Crippen LogP contribution in [0.3, 0.4) is 0 Å². The van der Waals surface area contributed by atoms with Crippen molar-refractivity contribution in [1.82, 2.24) is 10.2 Å². The molecule has 8 heteroatoms. The molecule has 2 atom stereocenters. The number of amides is 1. The number of nitrogens with one attached hydrogen (secondary N) is 1. The highest BCUT2D eigenvalue weighted by Gasteiger charge is 2.39. The Morgan fingerprint density at radius 2 is 2.03 bits per heavy atom. The first-order valence-electron chi connectivity index (χ1n) is 10.2. The van der Waals surface area contributed by atoms with Gasteiger partial charge in [-0.1, -0.05) is 25.3 Å². The van der Waals surface area contributed by atoms with Gasteiger partial charge in [0, 0.05) is 13.1 Å². The van der Waals surface area contributed by atoms with Crippen LogP contribution in [0.4, 0.5) is 13.2 Å². The van der Waals surface area contributed by atoms with Crippen molar-refractivity contribution in [3.63, 3.8) is 0 Å². The van der Waals surface area contributed by atoms with Crippen LogP contribution in [0.1, 0.15) is 49.3 Å². The summed E-state index contributed by atoms with van der Waals surface area (Å²) in [4.78, 5) is 14.7. The Bertz CT molecular complexity index is 705. The summed E-state index contributed by atoms with van der Waals surface area (Å²) in [5.74, 6) is 0.841. The van der Waals surface area contributed by atoms with Gasteiger partial charge in [0.2, 0.25) is 5.91 Å². The quantitative estimate of drug-likeness (QED) is 0.751. The van der Waals surface area contributed by atoms with Gasteiger partial charge in [0.05, 0.1) is 19.7 Å². The third-order valence-electron chi connectivity index (χ3n) is 6.04. The van der Waals surface area contributed by atoms with Crippen molar-refractivity contribution in [1.29, 1.82) is 0 Å². The summed E-state index contributed by atoms with van der Waals surface area (Å²) in [7, 11) is 1.61. The Morgan fingerprint density at radius 3 is 2.69 bits per heavy atom. The summed E-state index contributed by atoms with van der Waals surface area (Å²) in [5, 5.41) is 11.6. The summed E-state index contributed by atoms with van der Waals surface area (Å²) in [5.41, 5.74) is 2.29. The summed E-state index contributed by atoms with van der Waals surface area (Å²) in [6.07, 6.45) is -0.955. The zero-order valence-electron chi connectivity index (χ0n) is 16.7. The molecule has 1 aromatic rings. The van der Waals surface area contributed by atoms with Gasteiger partial charge in [-0.2, -0.15) is 13.2 Å². The van der Waals surface area contributed by atoms with Gasteiger partial charge in [-0.15, -0.1) is 0 Å². The molecule has 162 valence electrons. The van der Waals surface area contributed by atoms with Gasteiger partial charge >= 0.3 is 6.18 Å². The Morgan fingerprint density at radius 1 is 1.31 bits per heavy atom. The van der Waals surface area contributed by atoms with Crippen molar-refractivity contribution in [2.24, 2.45) is 5.92 Å². The molecule has 2 N–H and O–H groups in total. The van der Waals surface area contributed by atoms with Crippen molar-refractivity contribution < 1.29 is 27.8 Å². The van der Waals surface area contributed by atoms with E-state index in [9.17, 15) is 18.0 Å². The molecule has 1 saturated carbocycles. The van der Waals surface area contributed by atoms with Gasteiger partial charge < -0.3 is 20.1 Å². The van der Waals surface area contributed by atoms with E-state index in [1.54, 1.807) is 7.11 Å². The molecule has 0 saturated heterocycles. The average Bonchev–Trinajstić information content (AvgIpc) is 2.72. The summed E-state index contributed by atoms with van der Waals surface area (Å²) >= 11 is 0. The van der Waals surface area contributed by atoms with E-state index in [0.29, 0.717) is 18.9 Å². The molecule has 0 radical (unpaired) electrons. The average molecular weight is 414 g/mol. The number of hydrogen-bond donors (Lipinski definition) is 2. The van der Waals surface area contributed by atoms with Crippen molar-refractivity contribution >= 4 is 5.91 Å². The fourth-order valence-electron chi connectivity index (χ4n) is 4.52. The topological polar surface area (TPSA) is 61.8 Å². The lowest BCUT2D eigenvalue weighted by molar-refractivity contribution is -0.201. The number of aliphatic hydroxyl groups excluding tert-OH is 1. The number of methoxy groups -OCH3 is 1. The summed E-state index contributed by atoms with van der Waals surface area (Å²) in [6, 6.07) is 5.88. The first-order valence-corrected chi connectivity index (χ1v) is 10.2. The molecule has 0 spiro atoms. The minimum Gasteiger partial charge on any atom is -0.497 e. The molecule has 1 aliphatic heterocycles. The van der Waals surface area contributed by atoms with Crippen LogP contribution in [-0.2, 0) is 11.2 Å². The van der Waals surface area contributed by atoms with Crippen LogP contribution in [0.15, 0.2) is 18.2 Å². The van der Waals surface area contributed by atoms with Crippen LogP contribution in [0.5, 0.6) is 5.75 Å². The number of carbonyl (C=O) groups excluding carboxylic acids is 1. The normalized spacial score (nSPS) is 21.6.